The Balaban J connectivity index is 2.05. The Morgan fingerprint density at radius 2 is 2.27 bits per heavy atom. The van der Waals surface area contributed by atoms with E-state index in [9.17, 15) is 0 Å². The van der Waals surface area contributed by atoms with E-state index in [1.807, 2.05) is 0 Å². The van der Waals surface area contributed by atoms with Gasteiger partial charge in [0, 0.05) is 26.3 Å². The van der Waals surface area contributed by atoms with Crippen molar-refractivity contribution in [3.8, 4) is 0 Å². The smallest absolute Gasteiger partial charge is 0.0581 e. The molecule has 0 aliphatic carbocycles. The number of methoxy groups -OCH3 is 1. The summed E-state index contributed by atoms with van der Waals surface area (Å²) < 4.78 is 5.09. The molecule has 1 heterocycles. The second-order valence-electron chi connectivity index (χ2n) is 4.05. The zero-order valence-corrected chi connectivity index (χ0v) is 9.34. The van der Waals surface area contributed by atoms with Crippen molar-refractivity contribution in [2.75, 3.05) is 30.9 Å². The molecule has 0 radical (unpaired) electrons. The van der Waals surface area contributed by atoms with Crippen molar-refractivity contribution in [3.63, 3.8) is 0 Å². The number of anilines is 2. The van der Waals surface area contributed by atoms with Crippen molar-refractivity contribution in [2.45, 2.75) is 19.4 Å². The third kappa shape index (κ3) is 2.42. The Kier molecular flexibility index (Phi) is 3.11. The zero-order chi connectivity index (χ0) is 10.7. The lowest BCUT2D eigenvalue weighted by Gasteiger charge is -2.28. The molecule has 1 aliphatic heterocycles. The monoisotopic (exact) mass is 206 g/mol. The first kappa shape index (κ1) is 10.3. The third-order valence-electron chi connectivity index (χ3n) is 2.74. The van der Waals surface area contributed by atoms with E-state index in [4.69, 9.17) is 4.74 Å². The molecule has 1 atom stereocenters. The van der Waals surface area contributed by atoms with Crippen LogP contribution in [0, 0.1) is 6.92 Å². The summed E-state index contributed by atoms with van der Waals surface area (Å²) in [6, 6.07) is 6.91. The van der Waals surface area contributed by atoms with Crippen LogP contribution >= 0.6 is 0 Å². The molecule has 0 saturated carbocycles. The molecule has 3 nitrogen and oxygen atoms in total. The van der Waals surface area contributed by atoms with Crippen LogP contribution in [0.5, 0.6) is 0 Å². The Hall–Kier alpha value is -1.22. The molecule has 1 aliphatic rings. The van der Waals surface area contributed by atoms with Crippen LogP contribution in [0.2, 0.25) is 0 Å². The summed E-state index contributed by atoms with van der Waals surface area (Å²) in [5.41, 5.74) is 3.70. The largest absolute Gasteiger partial charge is 0.385 e. The number of fused-ring (bicyclic) bond motifs is 1. The summed E-state index contributed by atoms with van der Waals surface area (Å²) in [6.45, 7) is 3.89. The molecule has 0 aromatic heterocycles. The van der Waals surface area contributed by atoms with Gasteiger partial charge in [-0.15, -0.1) is 0 Å². The first-order chi connectivity index (χ1) is 7.29. The third-order valence-corrected chi connectivity index (χ3v) is 2.74. The Morgan fingerprint density at radius 1 is 1.40 bits per heavy atom. The number of hydrogen-bond acceptors (Lipinski definition) is 3. The van der Waals surface area contributed by atoms with E-state index in [-0.39, 0.29) is 0 Å². The summed E-state index contributed by atoms with van der Waals surface area (Å²) in [6.07, 6.45) is 1.04. The highest BCUT2D eigenvalue weighted by Crippen LogP contribution is 2.27. The second-order valence-corrected chi connectivity index (χ2v) is 4.05. The molecule has 1 aromatic carbocycles. The normalized spacial score (nSPS) is 18.9. The van der Waals surface area contributed by atoms with Crippen LogP contribution in [-0.4, -0.2) is 26.3 Å². The maximum Gasteiger partial charge on any atom is 0.0581 e. The summed E-state index contributed by atoms with van der Waals surface area (Å²) in [5, 5.41) is 6.96. The van der Waals surface area contributed by atoms with Crippen LogP contribution in [0.4, 0.5) is 11.4 Å². The lowest BCUT2D eigenvalue weighted by atomic mass is 10.1. The molecule has 2 N–H and O–H groups in total. The fourth-order valence-electron chi connectivity index (χ4n) is 1.87. The van der Waals surface area contributed by atoms with Crippen molar-refractivity contribution < 1.29 is 4.74 Å². The van der Waals surface area contributed by atoms with E-state index >= 15 is 0 Å². The molecular weight excluding hydrogens is 188 g/mol. The summed E-state index contributed by atoms with van der Waals surface area (Å²) in [5.74, 6) is 0. The molecule has 0 fully saturated rings. The van der Waals surface area contributed by atoms with Gasteiger partial charge in [0.15, 0.2) is 0 Å². The van der Waals surface area contributed by atoms with Gasteiger partial charge in [-0.05, 0) is 31.0 Å². The van der Waals surface area contributed by atoms with Crippen LogP contribution in [0.3, 0.4) is 0 Å². The lowest BCUT2D eigenvalue weighted by Crippen LogP contribution is -2.33. The van der Waals surface area contributed by atoms with Crippen molar-refractivity contribution >= 4 is 11.4 Å². The average molecular weight is 206 g/mol. The summed E-state index contributed by atoms with van der Waals surface area (Å²) >= 11 is 0. The van der Waals surface area contributed by atoms with E-state index in [1.54, 1.807) is 7.11 Å². The van der Waals surface area contributed by atoms with Crippen LogP contribution < -0.4 is 10.6 Å². The molecule has 2 rings (SSSR count). The number of ether oxygens (including phenoxy) is 1. The highest BCUT2D eigenvalue weighted by Gasteiger charge is 2.16. The maximum atomic E-state index is 5.09. The SMILES string of the molecule is COCCC1CNc2ccc(C)cc2N1. The molecule has 1 unspecified atom stereocenters. The number of nitrogens with one attached hydrogen (secondary N) is 2. The standard InChI is InChI=1S/C12H18N2O/c1-9-3-4-11-12(7-9)14-10(8-13-11)5-6-15-2/h3-4,7,10,13-14H,5-6,8H2,1-2H3. The van der Waals surface area contributed by atoms with E-state index in [2.05, 4.69) is 35.8 Å². The minimum absolute atomic E-state index is 0.472. The van der Waals surface area contributed by atoms with Gasteiger partial charge in [-0.2, -0.15) is 0 Å². The van der Waals surface area contributed by atoms with Gasteiger partial charge in [-0.1, -0.05) is 6.07 Å². The lowest BCUT2D eigenvalue weighted by molar-refractivity contribution is 0.190. The Bertz CT molecular complexity index is 338. The van der Waals surface area contributed by atoms with Crippen LogP contribution in [0.25, 0.3) is 0 Å². The second kappa shape index (κ2) is 4.53. The average Bonchev–Trinajstić information content (AvgIpc) is 2.25. The first-order valence-corrected chi connectivity index (χ1v) is 5.39. The predicted octanol–water partition coefficient (Wildman–Crippen LogP) is 2.24. The minimum Gasteiger partial charge on any atom is -0.385 e. The van der Waals surface area contributed by atoms with Gasteiger partial charge in [-0.3, -0.25) is 0 Å². The molecule has 1 aromatic rings. The van der Waals surface area contributed by atoms with E-state index < -0.39 is 0 Å². The molecule has 82 valence electrons. The van der Waals surface area contributed by atoms with Crippen LogP contribution in [0.15, 0.2) is 18.2 Å². The Morgan fingerprint density at radius 3 is 3.07 bits per heavy atom. The number of hydrogen-bond donors (Lipinski definition) is 2. The number of benzene rings is 1. The van der Waals surface area contributed by atoms with Gasteiger partial charge >= 0.3 is 0 Å². The Labute approximate surface area is 90.8 Å². The van der Waals surface area contributed by atoms with Crippen LogP contribution in [0.1, 0.15) is 12.0 Å². The number of aryl methyl sites for hydroxylation is 1. The minimum atomic E-state index is 0.472. The molecule has 0 spiro atoms. The zero-order valence-electron chi connectivity index (χ0n) is 9.34. The van der Waals surface area contributed by atoms with Crippen molar-refractivity contribution in [3.05, 3.63) is 23.8 Å². The van der Waals surface area contributed by atoms with Crippen molar-refractivity contribution in [1.29, 1.82) is 0 Å². The predicted molar refractivity (Wildman–Crippen MR) is 63.6 cm³/mol. The number of rotatable bonds is 3. The quantitative estimate of drug-likeness (QED) is 0.795. The molecule has 15 heavy (non-hydrogen) atoms. The van der Waals surface area contributed by atoms with E-state index in [0.29, 0.717) is 6.04 Å². The van der Waals surface area contributed by atoms with Gasteiger partial charge in [0.05, 0.1) is 11.4 Å². The maximum absolute atomic E-state index is 5.09. The summed E-state index contributed by atoms with van der Waals surface area (Å²) in [7, 11) is 1.74. The fraction of sp³-hybridized carbons (Fsp3) is 0.500. The highest BCUT2D eigenvalue weighted by atomic mass is 16.5. The van der Waals surface area contributed by atoms with E-state index in [1.165, 1.54) is 16.9 Å². The molecule has 0 saturated heterocycles. The van der Waals surface area contributed by atoms with Gasteiger partial charge in [0.25, 0.3) is 0 Å². The van der Waals surface area contributed by atoms with Gasteiger partial charge in [0.2, 0.25) is 0 Å². The molecule has 0 bridgehead atoms. The highest BCUT2D eigenvalue weighted by molar-refractivity contribution is 5.72. The van der Waals surface area contributed by atoms with Crippen molar-refractivity contribution in [1.82, 2.24) is 0 Å². The van der Waals surface area contributed by atoms with E-state index in [0.717, 1.165) is 19.6 Å². The molecule has 3 heteroatoms. The van der Waals surface area contributed by atoms with Gasteiger partial charge < -0.3 is 15.4 Å². The molecule has 0 amide bonds. The van der Waals surface area contributed by atoms with Crippen molar-refractivity contribution in [2.24, 2.45) is 0 Å². The van der Waals surface area contributed by atoms with Gasteiger partial charge in [-0.25, -0.2) is 0 Å². The summed E-state index contributed by atoms with van der Waals surface area (Å²) in [4.78, 5) is 0. The molecular formula is C12H18N2O. The first-order valence-electron chi connectivity index (χ1n) is 5.39. The topological polar surface area (TPSA) is 33.3 Å². The van der Waals surface area contributed by atoms with Crippen LogP contribution in [-0.2, 0) is 4.74 Å². The van der Waals surface area contributed by atoms with Gasteiger partial charge in [0.1, 0.15) is 0 Å². The fourth-order valence-corrected chi connectivity index (χ4v) is 1.87.